The van der Waals surface area contributed by atoms with Gasteiger partial charge in [-0.3, -0.25) is 4.79 Å². The molecule has 0 N–H and O–H groups in total. The third-order valence-electron chi connectivity index (χ3n) is 2.11. The van der Waals surface area contributed by atoms with Gasteiger partial charge in [0, 0.05) is 5.39 Å². The van der Waals surface area contributed by atoms with Crippen molar-refractivity contribution in [3.05, 3.63) is 35.9 Å². The average Bonchev–Trinajstić information content (AvgIpc) is 2.25. The maximum absolute atomic E-state index is 12.2. The molecule has 0 aliphatic carbocycles. The molecule has 3 nitrogen and oxygen atoms in total. The zero-order valence-electron chi connectivity index (χ0n) is 8.66. The molecule has 94 valence electrons. The van der Waals surface area contributed by atoms with E-state index < -0.39 is 23.0 Å². The van der Waals surface area contributed by atoms with Gasteiger partial charge in [-0.2, -0.15) is 0 Å². The molecule has 0 unspecified atom stereocenters. The number of carbonyl (C=O) groups excluding carboxylic acids is 1. The van der Waals surface area contributed by atoms with E-state index in [-0.39, 0.29) is 5.52 Å². The minimum absolute atomic E-state index is 0.276. The number of aromatic nitrogens is 1. The van der Waals surface area contributed by atoms with Crippen LogP contribution in [-0.2, 0) is 0 Å². The number of hydrogen-bond acceptors (Lipinski definition) is 3. The fourth-order valence-corrected chi connectivity index (χ4v) is 1.56. The molecule has 18 heavy (non-hydrogen) atoms. The molecule has 0 bridgehead atoms. The molecule has 2 aromatic rings. The predicted octanol–water partition coefficient (Wildman–Crippen LogP) is 3.51. The highest BCUT2D eigenvalue weighted by Gasteiger charge is 2.33. The summed E-state index contributed by atoms with van der Waals surface area (Å²) < 4.78 is 40.2. The normalized spacial score (nSPS) is 11.6. The van der Waals surface area contributed by atoms with Crippen molar-refractivity contribution in [3.63, 3.8) is 0 Å². The first kappa shape index (κ1) is 12.6. The first-order valence-corrected chi connectivity index (χ1v) is 5.10. The molecule has 1 aromatic heterocycles. The van der Waals surface area contributed by atoms with Crippen LogP contribution in [0.25, 0.3) is 10.9 Å². The number of rotatable bonds is 2. The SMILES string of the molecule is O=C(Cl)c1cc2ccccc2nc1OC(F)(F)F. The van der Waals surface area contributed by atoms with E-state index in [2.05, 4.69) is 9.72 Å². The Kier molecular flexibility index (Phi) is 3.13. The summed E-state index contributed by atoms with van der Waals surface area (Å²) in [5.41, 5.74) is -0.147. The van der Waals surface area contributed by atoms with Gasteiger partial charge in [-0.05, 0) is 23.7 Å². The van der Waals surface area contributed by atoms with E-state index in [1.54, 1.807) is 18.2 Å². The smallest absolute Gasteiger partial charge is 0.387 e. The summed E-state index contributed by atoms with van der Waals surface area (Å²) in [7, 11) is 0. The van der Waals surface area contributed by atoms with E-state index >= 15 is 0 Å². The molecule has 0 aliphatic rings. The van der Waals surface area contributed by atoms with Crippen LogP contribution in [0.2, 0.25) is 0 Å². The molecule has 1 aromatic carbocycles. The molecule has 0 saturated heterocycles. The number of para-hydroxylation sites is 1. The summed E-state index contributed by atoms with van der Waals surface area (Å²) in [5, 5.41) is -0.566. The molecule has 0 atom stereocenters. The second-order valence-corrected chi connectivity index (χ2v) is 3.70. The number of ether oxygens (including phenoxy) is 1. The summed E-state index contributed by atoms with van der Waals surface area (Å²) >= 11 is 5.21. The van der Waals surface area contributed by atoms with Gasteiger partial charge in [0.2, 0.25) is 5.88 Å². The van der Waals surface area contributed by atoms with Gasteiger partial charge in [0.25, 0.3) is 5.24 Å². The highest BCUT2D eigenvalue weighted by molar-refractivity contribution is 6.68. The van der Waals surface area contributed by atoms with Gasteiger partial charge in [0.05, 0.1) is 11.1 Å². The second-order valence-electron chi connectivity index (χ2n) is 3.36. The van der Waals surface area contributed by atoms with Crippen molar-refractivity contribution in [3.8, 4) is 5.88 Å². The molecule has 0 amide bonds. The lowest BCUT2D eigenvalue weighted by Gasteiger charge is -2.11. The van der Waals surface area contributed by atoms with E-state index in [4.69, 9.17) is 11.6 Å². The lowest BCUT2D eigenvalue weighted by Crippen LogP contribution is -2.19. The van der Waals surface area contributed by atoms with Crippen LogP contribution in [-0.4, -0.2) is 16.6 Å². The monoisotopic (exact) mass is 275 g/mol. The Hall–Kier alpha value is -1.82. The van der Waals surface area contributed by atoms with Crippen LogP contribution < -0.4 is 4.74 Å². The minimum Gasteiger partial charge on any atom is -0.387 e. The van der Waals surface area contributed by atoms with Crippen LogP contribution in [0.3, 0.4) is 0 Å². The number of hydrogen-bond donors (Lipinski definition) is 0. The molecule has 1 heterocycles. The van der Waals surface area contributed by atoms with Crippen LogP contribution in [0.1, 0.15) is 10.4 Å². The van der Waals surface area contributed by atoms with E-state index in [0.29, 0.717) is 5.39 Å². The van der Waals surface area contributed by atoms with Crippen molar-refractivity contribution in [2.24, 2.45) is 0 Å². The minimum atomic E-state index is -4.93. The number of benzene rings is 1. The Morgan fingerprint density at radius 1 is 1.28 bits per heavy atom. The Labute approximate surface area is 104 Å². The first-order chi connectivity index (χ1) is 8.37. The highest BCUT2D eigenvalue weighted by atomic mass is 35.5. The Bertz CT molecular complexity index is 613. The fraction of sp³-hybridized carbons (Fsp3) is 0.0909. The van der Waals surface area contributed by atoms with Crippen LogP contribution in [0.5, 0.6) is 5.88 Å². The summed E-state index contributed by atoms with van der Waals surface area (Å²) in [6, 6.07) is 7.58. The van der Waals surface area contributed by atoms with E-state index in [0.717, 1.165) is 0 Å². The summed E-state index contributed by atoms with van der Waals surface area (Å²) in [5.74, 6) is -0.846. The zero-order chi connectivity index (χ0) is 13.3. The Morgan fingerprint density at radius 3 is 2.56 bits per heavy atom. The largest absolute Gasteiger partial charge is 0.574 e. The topological polar surface area (TPSA) is 39.2 Å². The molecule has 0 spiro atoms. The third kappa shape index (κ3) is 2.70. The number of pyridine rings is 1. The van der Waals surface area contributed by atoms with Crippen LogP contribution >= 0.6 is 11.6 Å². The quantitative estimate of drug-likeness (QED) is 0.787. The van der Waals surface area contributed by atoms with Gasteiger partial charge in [-0.15, -0.1) is 13.2 Å². The van der Waals surface area contributed by atoms with Crippen molar-refractivity contribution in [1.29, 1.82) is 0 Å². The van der Waals surface area contributed by atoms with Gasteiger partial charge >= 0.3 is 6.36 Å². The van der Waals surface area contributed by atoms with E-state index in [1.165, 1.54) is 12.1 Å². The average molecular weight is 276 g/mol. The standard InChI is InChI=1S/C11H5ClF3NO2/c12-9(17)7-5-6-3-1-2-4-8(6)16-10(7)18-11(13,14)15/h1-5H. The molecule has 0 fully saturated rings. The molecular formula is C11H5ClF3NO2. The Morgan fingerprint density at radius 2 is 1.94 bits per heavy atom. The Balaban J connectivity index is 2.61. The summed E-state index contributed by atoms with van der Waals surface area (Å²) in [6.45, 7) is 0. The van der Waals surface area contributed by atoms with Gasteiger partial charge in [-0.25, -0.2) is 4.98 Å². The van der Waals surface area contributed by atoms with Crippen LogP contribution in [0.4, 0.5) is 13.2 Å². The van der Waals surface area contributed by atoms with Crippen molar-refractivity contribution >= 4 is 27.7 Å². The summed E-state index contributed by atoms with van der Waals surface area (Å²) in [4.78, 5) is 14.7. The number of alkyl halides is 3. The van der Waals surface area contributed by atoms with Gasteiger partial charge < -0.3 is 4.74 Å². The molecule has 2 rings (SSSR count). The maximum Gasteiger partial charge on any atom is 0.574 e. The zero-order valence-corrected chi connectivity index (χ0v) is 9.42. The lowest BCUT2D eigenvalue weighted by atomic mass is 10.1. The molecule has 0 radical (unpaired) electrons. The fourth-order valence-electron chi connectivity index (χ4n) is 1.43. The van der Waals surface area contributed by atoms with Gasteiger partial charge in [0.1, 0.15) is 0 Å². The third-order valence-corrected chi connectivity index (χ3v) is 2.32. The number of carbonyl (C=O) groups is 1. The van der Waals surface area contributed by atoms with Crippen molar-refractivity contribution < 1.29 is 22.7 Å². The highest BCUT2D eigenvalue weighted by Crippen LogP contribution is 2.28. The maximum atomic E-state index is 12.2. The van der Waals surface area contributed by atoms with E-state index in [1.807, 2.05) is 0 Å². The number of nitrogens with zero attached hydrogens (tertiary/aromatic N) is 1. The molecule has 0 aliphatic heterocycles. The lowest BCUT2D eigenvalue weighted by molar-refractivity contribution is -0.276. The molecule has 7 heteroatoms. The van der Waals surface area contributed by atoms with Crippen LogP contribution in [0, 0.1) is 0 Å². The molecular weight excluding hydrogens is 271 g/mol. The van der Waals surface area contributed by atoms with E-state index in [9.17, 15) is 18.0 Å². The van der Waals surface area contributed by atoms with Crippen LogP contribution in [0.15, 0.2) is 30.3 Å². The van der Waals surface area contributed by atoms with Crippen molar-refractivity contribution in [1.82, 2.24) is 4.98 Å². The number of halogens is 4. The van der Waals surface area contributed by atoms with Crippen molar-refractivity contribution in [2.75, 3.05) is 0 Å². The van der Waals surface area contributed by atoms with Crippen molar-refractivity contribution in [2.45, 2.75) is 6.36 Å². The van der Waals surface area contributed by atoms with Gasteiger partial charge in [0.15, 0.2) is 0 Å². The molecule has 0 saturated carbocycles. The predicted molar refractivity (Wildman–Crippen MR) is 58.6 cm³/mol. The number of fused-ring (bicyclic) bond motifs is 1. The first-order valence-electron chi connectivity index (χ1n) is 4.72. The second kappa shape index (κ2) is 4.45. The summed E-state index contributed by atoms with van der Waals surface area (Å²) in [6.07, 6.45) is -4.93. The van der Waals surface area contributed by atoms with Gasteiger partial charge in [-0.1, -0.05) is 18.2 Å².